The van der Waals surface area contributed by atoms with Gasteiger partial charge in [-0.3, -0.25) is 9.98 Å². The summed E-state index contributed by atoms with van der Waals surface area (Å²) in [6.45, 7) is 1.28. The number of nitrogens with one attached hydrogen (secondary N) is 1. The molecule has 19 heavy (non-hydrogen) atoms. The summed E-state index contributed by atoms with van der Waals surface area (Å²) in [7, 11) is 0. The Morgan fingerprint density at radius 1 is 1.42 bits per heavy atom. The van der Waals surface area contributed by atoms with Crippen LogP contribution in [-0.2, 0) is 16.0 Å². The zero-order valence-electron chi connectivity index (χ0n) is 10.2. The molecule has 0 radical (unpaired) electrons. The molecule has 0 fully saturated rings. The molecule has 1 atom stereocenters. The van der Waals surface area contributed by atoms with Gasteiger partial charge in [0.25, 0.3) is 0 Å². The van der Waals surface area contributed by atoms with E-state index in [1.165, 1.54) is 0 Å². The standard InChI is InChI=1S/C13H13N3O3/c17-11-9(7-8-1-3-14-4-2-8)19-13(18)10(11)12-15-5-6-16-12/h1-4,9,17H,5-7H2,(H,15,16)/t9-/m1/s1. The van der Waals surface area contributed by atoms with Crippen LogP contribution < -0.4 is 5.32 Å². The van der Waals surface area contributed by atoms with Gasteiger partial charge < -0.3 is 15.2 Å². The Kier molecular flexibility index (Phi) is 2.91. The quantitative estimate of drug-likeness (QED) is 0.766. The number of esters is 1. The van der Waals surface area contributed by atoms with Crippen LogP contribution in [0.4, 0.5) is 0 Å². The average molecular weight is 259 g/mol. The van der Waals surface area contributed by atoms with Crippen LogP contribution in [0.5, 0.6) is 0 Å². The number of carbonyl (C=O) groups is 1. The number of hydrogen-bond donors (Lipinski definition) is 2. The summed E-state index contributed by atoms with van der Waals surface area (Å²) in [4.78, 5) is 19.9. The second kappa shape index (κ2) is 4.72. The van der Waals surface area contributed by atoms with E-state index < -0.39 is 12.1 Å². The van der Waals surface area contributed by atoms with Gasteiger partial charge in [0.15, 0.2) is 11.9 Å². The monoisotopic (exact) mass is 259 g/mol. The number of amidine groups is 1. The molecule has 98 valence electrons. The first kappa shape index (κ1) is 11.7. The van der Waals surface area contributed by atoms with Gasteiger partial charge in [0.1, 0.15) is 11.4 Å². The van der Waals surface area contributed by atoms with E-state index in [0.717, 1.165) is 5.56 Å². The van der Waals surface area contributed by atoms with Gasteiger partial charge in [0.2, 0.25) is 0 Å². The number of rotatable bonds is 3. The highest BCUT2D eigenvalue weighted by molar-refractivity contribution is 6.20. The molecule has 6 nitrogen and oxygen atoms in total. The largest absolute Gasteiger partial charge is 0.507 e. The van der Waals surface area contributed by atoms with Crippen LogP contribution in [0.2, 0.25) is 0 Å². The van der Waals surface area contributed by atoms with Gasteiger partial charge in [0.05, 0.1) is 6.54 Å². The van der Waals surface area contributed by atoms with Crippen LogP contribution in [0.25, 0.3) is 0 Å². The average Bonchev–Trinajstić information content (AvgIpc) is 3.01. The van der Waals surface area contributed by atoms with E-state index in [9.17, 15) is 9.90 Å². The van der Waals surface area contributed by atoms with Crippen LogP contribution >= 0.6 is 0 Å². The Bertz CT molecular complexity index is 566. The third kappa shape index (κ3) is 2.16. The highest BCUT2D eigenvalue weighted by Gasteiger charge is 2.37. The number of aliphatic imine (C=N–C) groups is 1. The first-order chi connectivity index (χ1) is 9.25. The van der Waals surface area contributed by atoms with Crippen LogP contribution in [0, 0.1) is 0 Å². The molecular weight excluding hydrogens is 246 g/mol. The van der Waals surface area contributed by atoms with Gasteiger partial charge in [0, 0.05) is 25.4 Å². The van der Waals surface area contributed by atoms with Crippen molar-refractivity contribution in [2.45, 2.75) is 12.5 Å². The number of aliphatic hydroxyl groups excluding tert-OH is 1. The molecule has 3 heterocycles. The Morgan fingerprint density at radius 3 is 2.89 bits per heavy atom. The molecule has 0 bridgehead atoms. The lowest BCUT2D eigenvalue weighted by atomic mass is 10.1. The van der Waals surface area contributed by atoms with E-state index in [-0.39, 0.29) is 11.3 Å². The molecule has 1 aromatic heterocycles. The molecule has 2 aliphatic heterocycles. The van der Waals surface area contributed by atoms with Crippen LogP contribution in [0.15, 0.2) is 40.9 Å². The van der Waals surface area contributed by atoms with Gasteiger partial charge >= 0.3 is 5.97 Å². The Labute approximate surface area is 109 Å². The molecule has 6 heteroatoms. The molecule has 0 saturated heterocycles. The van der Waals surface area contributed by atoms with Crippen LogP contribution in [0.1, 0.15) is 5.56 Å². The van der Waals surface area contributed by atoms with Gasteiger partial charge in [-0.2, -0.15) is 0 Å². The van der Waals surface area contributed by atoms with Crippen molar-refractivity contribution in [2.24, 2.45) is 4.99 Å². The summed E-state index contributed by atoms with van der Waals surface area (Å²) in [5, 5.41) is 13.1. The lowest BCUT2D eigenvalue weighted by Gasteiger charge is -2.09. The summed E-state index contributed by atoms with van der Waals surface area (Å²) in [5.74, 6) is -0.139. The van der Waals surface area contributed by atoms with Crippen molar-refractivity contribution in [3.05, 3.63) is 41.4 Å². The van der Waals surface area contributed by atoms with Crippen molar-refractivity contribution in [2.75, 3.05) is 13.1 Å². The molecule has 0 aromatic carbocycles. The first-order valence-corrected chi connectivity index (χ1v) is 6.07. The summed E-state index contributed by atoms with van der Waals surface area (Å²) < 4.78 is 5.20. The number of pyridine rings is 1. The topological polar surface area (TPSA) is 83.8 Å². The fourth-order valence-corrected chi connectivity index (χ4v) is 2.16. The minimum absolute atomic E-state index is 0.0463. The lowest BCUT2D eigenvalue weighted by molar-refractivity contribution is -0.139. The normalized spacial score (nSPS) is 22.2. The third-order valence-electron chi connectivity index (χ3n) is 3.10. The SMILES string of the molecule is O=C1O[C@H](Cc2ccncc2)C(O)=C1C1=NCCN1. The predicted octanol–water partition coefficient (Wildman–Crippen LogP) is 0.363. The Balaban J connectivity index is 1.83. The molecule has 3 rings (SSSR count). The van der Waals surface area contributed by atoms with Crippen molar-refractivity contribution < 1.29 is 14.6 Å². The summed E-state index contributed by atoms with van der Waals surface area (Å²) in [5.41, 5.74) is 1.11. The molecule has 2 aliphatic rings. The van der Waals surface area contributed by atoms with E-state index >= 15 is 0 Å². The predicted molar refractivity (Wildman–Crippen MR) is 67.8 cm³/mol. The molecule has 0 aliphatic carbocycles. The van der Waals surface area contributed by atoms with Crippen LogP contribution in [-0.4, -0.2) is 41.1 Å². The second-order valence-corrected chi connectivity index (χ2v) is 4.37. The number of aromatic nitrogens is 1. The van der Waals surface area contributed by atoms with Gasteiger partial charge in [-0.1, -0.05) is 0 Å². The molecule has 1 aromatic rings. The van der Waals surface area contributed by atoms with Gasteiger partial charge in [-0.25, -0.2) is 4.79 Å². The number of hydrogen-bond acceptors (Lipinski definition) is 6. The van der Waals surface area contributed by atoms with Crippen molar-refractivity contribution >= 4 is 11.8 Å². The van der Waals surface area contributed by atoms with E-state index in [1.807, 2.05) is 12.1 Å². The number of ether oxygens (including phenoxy) is 1. The summed E-state index contributed by atoms with van der Waals surface area (Å²) in [6, 6.07) is 3.65. The van der Waals surface area contributed by atoms with Gasteiger partial charge in [-0.05, 0) is 17.7 Å². The van der Waals surface area contributed by atoms with E-state index in [2.05, 4.69) is 15.3 Å². The Hall–Kier alpha value is -2.37. The van der Waals surface area contributed by atoms with Crippen molar-refractivity contribution in [3.63, 3.8) is 0 Å². The number of aliphatic hydroxyl groups is 1. The molecular formula is C13H13N3O3. The summed E-state index contributed by atoms with van der Waals surface area (Å²) >= 11 is 0. The first-order valence-electron chi connectivity index (χ1n) is 6.07. The lowest BCUT2D eigenvalue weighted by Crippen LogP contribution is -2.24. The van der Waals surface area contributed by atoms with E-state index in [1.54, 1.807) is 12.4 Å². The number of cyclic esters (lactones) is 1. The molecule has 0 amide bonds. The minimum Gasteiger partial charge on any atom is -0.507 e. The minimum atomic E-state index is -0.644. The van der Waals surface area contributed by atoms with E-state index in [4.69, 9.17) is 4.74 Å². The molecule has 2 N–H and O–H groups in total. The fourth-order valence-electron chi connectivity index (χ4n) is 2.16. The number of nitrogens with zero attached hydrogens (tertiary/aromatic N) is 2. The maximum absolute atomic E-state index is 11.8. The van der Waals surface area contributed by atoms with E-state index in [0.29, 0.717) is 25.3 Å². The smallest absolute Gasteiger partial charge is 0.346 e. The van der Waals surface area contributed by atoms with Crippen molar-refractivity contribution in [1.29, 1.82) is 0 Å². The second-order valence-electron chi connectivity index (χ2n) is 4.37. The van der Waals surface area contributed by atoms with Gasteiger partial charge in [-0.15, -0.1) is 0 Å². The zero-order chi connectivity index (χ0) is 13.2. The maximum Gasteiger partial charge on any atom is 0.346 e. The fraction of sp³-hybridized carbons (Fsp3) is 0.308. The molecule has 0 saturated carbocycles. The molecule has 0 unspecified atom stereocenters. The van der Waals surface area contributed by atoms with Crippen molar-refractivity contribution in [1.82, 2.24) is 10.3 Å². The third-order valence-corrected chi connectivity index (χ3v) is 3.10. The maximum atomic E-state index is 11.8. The highest BCUT2D eigenvalue weighted by Crippen LogP contribution is 2.24. The summed E-state index contributed by atoms with van der Waals surface area (Å²) in [6.07, 6.45) is 3.11. The molecule has 0 spiro atoms. The van der Waals surface area contributed by atoms with Crippen LogP contribution in [0.3, 0.4) is 0 Å². The van der Waals surface area contributed by atoms with Crippen molar-refractivity contribution in [3.8, 4) is 0 Å². The Morgan fingerprint density at radius 2 is 2.21 bits per heavy atom. The number of carbonyl (C=O) groups excluding carboxylic acids is 1. The highest BCUT2D eigenvalue weighted by atomic mass is 16.6. The zero-order valence-corrected chi connectivity index (χ0v) is 10.2.